The second-order valence-electron chi connectivity index (χ2n) is 4.07. The molecular formula is C13H11FN2O4. The number of nitro groups is 1. The van der Waals surface area contributed by atoms with E-state index in [2.05, 4.69) is 4.98 Å². The number of aliphatic hydroxyl groups excluding tert-OH is 1. The Morgan fingerprint density at radius 2 is 2.15 bits per heavy atom. The van der Waals surface area contributed by atoms with Gasteiger partial charge in [-0.1, -0.05) is 0 Å². The summed E-state index contributed by atoms with van der Waals surface area (Å²) < 4.78 is 18.9. The maximum Gasteiger partial charge on any atom is 0.272 e. The van der Waals surface area contributed by atoms with Crippen LogP contribution < -0.4 is 4.74 Å². The molecule has 0 radical (unpaired) electrons. The van der Waals surface area contributed by atoms with Crippen LogP contribution in [-0.4, -0.2) is 15.0 Å². The Morgan fingerprint density at radius 3 is 2.65 bits per heavy atom. The molecule has 104 valence electrons. The van der Waals surface area contributed by atoms with Crippen molar-refractivity contribution in [3.05, 3.63) is 58.2 Å². The molecule has 1 N–H and O–H groups in total. The summed E-state index contributed by atoms with van der Waals surface area (Å²) in [5.41, 5.74) is 0.110. The molecule has 2 aromatic rings. The summed E-state index contributed by atoms with van der Waals surface area (Å²) in [7, 11) is 0. The molecule has 1 aromatic carbocycles. The van der Waals surface area contributed by atoms with E-state index in [0.717, 1.165) is 12.1 Å². The van der Waals surface area contributed by atoms with Crippen molar-refractivity contribution in [2.24, 2.45) is 0 Å². The van der Waals surface area contributed by atoms with E-state index >= 15 is 0 Å². The van der Waals surface area contributed by atoms with Gasteiger partial charge in [0.2, 0.25) is 0 Å². The summed E-state index contributed by atoms with van der Waals surface area (Å²) >= 11 is 0. The standard InChI is InChI=1S/C13H11FN2O4/c1-8(17)12-4-3-10(7-15-12)20-13-5-2-9(16(18)19)6-11(13)14/h2-8,17H,1H3/t8-/m0/s1. The van der Waals surface area contributed by atoms with Crippen LogP contribution in [-0.2, 0) is 0 Å². The zero-order valence-corrected chi connectivity index (χ0v) is 10.5. The minimum Gasteiger partial charge on any atom is -0.453 e. The van der Waals surface area contributed by atoms with Crippen molar-refractivity contribution in [2.75, 3.05) is 0 Å². The average Bonchev–Trinajstić information content (AvgIpc) is 2.41. The van der Waals surface area contributed by atoms with Crippen molar-refractivity contribution in [2.45, 2.75) is 13.0 Å². The van der Waals surface area contributed by atoms with Gasteiger partial charge in [-0.15, -0.1) is 0 Å². The minimum atomic E-state index is -0.834. The number of nitro benzene ring substituents is 1. The third-order valence-corrected chi connectivity index (χ3v) is 2.54. The predicted molar refractivity (Wildman–Crippen MR) is 68.0 cm³/mol. The van der Waals surface area contributed by atoms with E-state index in [-0.39, 0.29) is 17.2 Å². The number of aromatic nitrogens is 1. The molecule has 0 spiro atoms. The zero-order valence-electron chi connectivity index (χ0n) is 10.5. The maximum absolute atomic E-state index is 13.6. The van der Waals surface area contributed by atoms with Crippen molar-refractivity contribution in [3.63, 3.8) is 0 Å². The Balaban J connectivity index is 2.19. The summed E-state index contributed by atoms with van der Waals surface area (Å²) in [4.78, 5) is 13.7. The molecule has 0 aliphatic carbocycles. The second-order valence-corrected chi connectivity index (χ2v) is 4.07. The number of aliphatic hydroxyl groups is 1. The van der Waals surface area contributed by atoms with Crippen LogP contribution in [0.1, 0.15) is 18.7 Å². The molecule has 0 amide bonds. The number of non-ortho nitro benzene ring substituents is 1. The van der Waals surface area contributed by atoms with Crippen molar-refractivity contribution in [1.82, 2.24) is 4.98 Å². The highest BCUT2D eigenvalue weighted by atomic mass is 19.1. The fraction of sp³-hybridized carbons (Fsp3) is 0.154. The van der Waals surface area contributed by atoms with Crippen LogP contribution in [0.15, 0.2) is 36.5 Å². The Hall–Kier alpha value is -2.54. The molecule has 0 saturated heterocycles. The first kappa shape index (κ1) is 13.9. The van der Waals surface area contributed by atoms with Crippen LogP contribution in [0.25, 0.3) is 0 Å². The first-order valence-electron chi connectivity index (χ1n) is 5.73. The molecule has 1 heterocycles. The van der Waals surface area contributed by atoms with Crippen LogP contribution >= 0.6 is 0 Å². The summed E-state index contributed by atoms with van der Waals surface area (Å²) in [6.07, 6.45) is 0.628. The number of halogens is 1. The molecule has 0 aliphatic heterocycles. The summed E-state index contributed by atoms with van der Waals surface area (Å²) in [6.45, 7) is 1.57. The zero-order chi connectivity index (χ0) is 14.7. The van der Waals surface area contributed by atoms with Crippen LogP contribution in [0.5, 0.6) is 11.5 Å². The molecule has 1 aromatic heterocycles. The SMILES string of the molecule is C[C@H](O)c1ccc(Oc2ccc([N+](=O)[O-])cc2F)cn1. The number of pyridine rings is 1. The van der Waals surface area contributed by atoms with Gasteiger partial charge in [-0.25, -0.2) is 4.39 Å². The van der Waals surface area contributed by atoms with Gasteiger partial charge in [-0.05, 0) is 25.1 Å². The molecule has 7 heteroatoms. The van der Waals surface area contributed by atoms with E-state index in [4.69, 9.17) is 4.74 Å². The van der Waals surface area contributed by atoms with E-state index < -0.39 is 16.8 Å². The summed E-state index contributed by atoms with van der Waals surface area (Å²) in [5, 5.41) is 19.8. The van der Waals surface area contributed by atoms with Crippen LogP contribution in [0.4, 0.5) is 10.1 Å². The average molecular weight is 278 g/mol. The van der Waals surface area contributed by atoms with Crippen molar-refractivity contribution in [3.8, 4) is 11.5 Å². The van der Waals surface area contributed by atoms with Gasteiger partial charge in [0.1, 0.15) is 5.75 Å². The molecule has 2 rings (SSSR count). The lowest BCUT2D eigenvalue weighted by Gasteiger charge is -2.08. The van der Waals surface area contributed by atoms with Gasteiger partial charge in [0.05, 0.1) is 29.0 Å². The number of hydrogen-bond donors (Lipinski definition) is 1. The van der Waals surface area contributed by atoms with E-state index in [0.29, 0.717) is 5.69 Å². The molecular weight excluding hydrogens is 267 g/mol. The number of ether oxygens (including phenoxy) is 1. The lowest BCUT2D eigenvalue weighted by Crippen LogP contribution is -1.96. The Kier molecular flexibility index (Phi) is 3.90. The lowest BCUT2D eigenvalue weighted by atomic mass is 10.2. The molecule has 20 heavy (non-hydrogen) atoms. The quantitative estimate of drug-likeness (QED) is 0.686. The first-order valence-corrected chi connectivity index (χ1v) is 5.73. The Morgan fingerprint density at radius 1 is 1.40 bits per heavy atom. The molecule has 0 aliphatic rings. The minimum absolute atomic E-state index is 0.137. The van der Waals surface area contributed by atoms with Gasteiger partial charge >= 0.3 is 0 Å². The second kappa shape index (κ2) is 5.62. The van der Waals surface area contributed by atoms with Gasteiger partial charge in [-0.3, -0.25) is 15.1 Å². The normalized spacial score (nSPS) is 11.9. The Labute approximate surface area is 113 Å². The Bertz CT molecular complexity index is 629. The predicted octanol–water partition coefficient (Wildman–Crippen LogP) is 2.97. The lowest BCUT2D eigenvalue weighted by molar-refractivity contribution is -0.385. The fourth-order valence-corrected chi connectivity index (χ4v) is 1.51. The molecule has 0 fully saturated rings. The highest BCUT2D eigenvalue weighted by Crippen LogP contribution is 2.27. The number of benzene rings is 1. The third kappa shape index (κ3) is 3.07. The summed E-state index contributed by atoms with van der Waals surface area (Å²) in [5.74, 6) is -0.705. The van der Waals surface area contributed by atoms with Gasteiger partial charge in [0.25, 0.3) is 5.69 Å². The number of hydrogen-bond acceptors (Lipinski definition) is 5. The van der Waals surface area contributed by atoms with Crippen LogP contribution in [0.2, 0.25) is 0 Å². The van der Waals surface area contributed by atoms with Gasteiger partial charge in [0, 0.05) is 6.07 Å². The maximum atomic E-state index is 13.6. The molecule has 0 saturated carbocycles. The highest BCUT2D eigenvalue weighted by Gasteiger charge is 2.12. The first-order chi connectivity index (χ1) is 9.47. The summed E-state index contributed by atoms with van der Waals surface area (Å²) in [6, 6.07) is 6.18. The fourth-order valence-electron chi connectivity index (χ4n) is 1.51. The van der Waals surface area contributed by atoms with Gasteiger partial charge in [0.15, 0.2) is 11.6 Å². The van der Waals surface area contributed by atoms with Crippen LogP contribution in [0.3, 0.4) is 0 Å². The topological polar surface area (TPSA) is 85.5 Å². The van der Waals surface area contributed by atoms with Gasteiger partial charge < -0.3 is 9.84 Å². The number of rotatable bonds is 4. The number of nitrogens with zero attached hydrogens (tertiary/aromatic N) is 2. The molecule has 6 nitrogen and oxygen atoms in total. The smallest absolute Gasteiger partial charge is 0.272 e. The van der Waals surface area contributed by atoms with Crippen molar-refractivity contribution in [1.29, 1.82) is 0 Å². The van der Waals surface area contributed by atoms with Gasteiger partial charge in [-0.2, -0.15) is 0 Å². The van der Waals surface area contributed by atoms with E-state index in [1.165, 1.54) is 18.3 Å². The highest BCUT2D eigenvalue weighted by molar-refractivity contribution is 5.39. The van der Waals surface area contributed by atoms with Crippen molar-refractivity contribution >= 4 is 5.69 Å². The van der Waals surface area contributed by atoms with Crippen LogP contribution in [0, 0.1) is 15.9 Å². The van der Waals surface area contributed by atoms with Crippen molar-refractivity contribution < 1.29 is 19.2 Å². The van der Waals surface area contributed by atoms with E-state index in [1.807, 2.05) is 0 Å². The largest absolute Gasteiger partial charge is 0.453 e. The monoisotopic (exact) mass is 278 g/mol. The molecule has 1 atom stereocenters. The third-order valence-electron chi connectivity index (χ3n) is 2.54. The molecule has 0 bridgehead atoms. The van der Waals surface area contributed by atoms with E-state index in [1.54, 1.807) is 13.0 Å². The molecule has 0 unspecified atom stereocenters. The van der Waals surface area contributed by atoms with E-state index in [9.17, 15) is 19.6 Å².